The van der Waals surface area contributed by atoms with Crippen LogP contribution in [0.25, 0.3) is 0 Å². The Morgan fingerprint density at radius 2 is 2.33 bits per heavy atom. The van der Waals surface area contributed by atoms with Crippen LogP contribution in [0.1, 0.15) is 5.56 Å². The van der Waals surface area contributed by atoms with Gasteiger partial charge in [-0.3, -0.25) is 14.7 Å². The number of aliphatic carboxylic acids is 1. The van der Waals surface area contributed by atoms with Gasteiger partial charge in [0.15, 0.2) is 0 Å². The summed E-state index contributed by atoms with van der Waals surface area (Å²) in [6.07, 6.45) is 3.30. The highest BCUT2D eigenvalue weighted by Crippen LogP contribution is 1.99. The van der Waals surface area contributed by atoms with Crippen molar-refractivity contribution in [3.63, 3.8) is 0 Å². The third-order valence-electron chi connectivity index (χ3n) is 1.50. The third kappa shape index (κ3) is 5.06. The average molecular weight is 229 g/mol. The molecule has 7 heteroatoms. The van der Waals surface area contributed by atoms with Gasteiger partial charge in [0.25, 0.3) is 0 Å². The van der Waals surface area contributed by atoms with E-state index in [0.29, 0.717) is 6.54 Å². The van der Waals surface area contributed by atoms with E-state index in [4.69, 9.17) is 5.11 Å². The summed E-state index contributed by atoms with van der Waals surface area (Å²) in [6, 6.07) is 0. The molecule has 1 amide bonds. The first kappa shape index (κ1) is 11.6. The largest absolute Gasteiger partial charge is 0.481 e. The van der Waals surface area contributed by atoms with Crippen molar-refractivity contribution in [2.24, 2.45) is 0 Å². The smallest absolute Gasteiger partial charge is 0.313 e. The van der Waals surface area contributed by atoms with Crippen molar-refractivity contribution in [3.8, 4) is 0 Å². The minimum atomic E-state index is -0.914. The number of aromatic nitrogens is 2. The average Bonchev–Trinajstić information content (AvgIpc) is 2.66. The minimum Gasteiger partial charge on any atom is -0.481 e. The lowest BCUT2D eigenvalue weighted by Crippen LogP contribution is -2.24. The lowest BCUT2D eigenvalue weighted by atomic mass is 10.3. The van der Waals surface area contributed by atoms with E-state index in [0.717, 1.165) is 17.3 Å². The first-order valence-corrected chi connectivity index (χ1v) is 5.38. The molecule has 0 aliphatic rings. The van der Waals surface area contributed by atoms with E-state index in [9.17, 15) is 9.59 Å². The maximum Gasteiger partial charge on any atom is 0.313 e. The fraction of sp³-hybridized carbons (Fsp3) is 0.375. The molecule has 1 heterocycles. The van der Waals surface area contributed by atoms with E-state index >= 15 is 0 Å². The zero-order valence-electron chi connectivity index (χ0n) is 7.90. The Labute approximate surface area is 90.4 Å². The van der Waals surface area contributed by atoms with Crippen molar-refractivity contribution in [2.75, 3.05) is 11.5 Å². The SMILES string of the molecule is O=C(O)CSCC(=O)NCc1cn[nH]c1. The van der Waals surface area contributed by atoms with Gasteiger partial charge in [0.1, 0.15) is 0 Å². The molecule has 82 valence electrons. The van der Waals surface area contributed by atoms with Gasteiger partial charge in [-0.2, -0.15) is 5.10 Å². The summed E-state index contributed by atoms with van der Waals surface area (Å²) in [5.41, 5.74) is 0.881. The van der Waals surface area contributed by atoms with E-state index < -0.39 is 5.97 Å². The summed E-state index contributed by atoms with van der Waals surface area (Å²) in [4.78, 5) is 21.3. The first-order chi connectivity index (χ1) is 7.18. The molecule has 0 saturated carbocycles. The van der Waals surface area contributed by atoms with Crippen LogP contribution in [-0.4, -0.2) is 38.7 Å². The Morgan fingerprint density at radius 3 is 2.93 bits per heavy atom. The van der Waals surface area contributed by atoms with Gasteiger partial charge < -0.3 is 10.4 Å². The molecule has 3 N–H and O–H groups in total. The Balaban J connectivity index is 2.11. The van der Waals surface area contributed by atoms with Crippen molar-refractivity contribution in [2.45, 2.75) is 6.54 Å². The second-order valence-electron chi connectivity index (χ2n) is 2.77. The number of nitrogens with zero attached hydrogens (tertiary/aromatic N) is 1. The molecular formula is C8H11N3O3S. The number of rotatable bonds is 6. The number of amides is 1. The van der Waals surface area contributed by atoms with Crippen LogP contribution in [0.3, 0.4) is 0 Å². The molecule has 0 radical (unpaired) electrons. The van der Waals surface area contributed by atoms with Crippen molar-refractivity contribution in [3.05, 3.63) is 18.0 Å². The van der Waals surface area contributed by atoms with Crippen molar-refractivity contribution in [1.29, 1.82) is 0 Å². The number of aromatic amines is 1. The van der Waals surface area contributed by atoms with Crippen LogP contribution in [0.5, 0.6) is 0 Å². The minimum absolute atomic E-state index is 0.0564. The third-order valence-corrected chi connectivity index (χ3v) is 2.42. The molecule has 0 fully saturated rings. The lowest BCUT2D eigenvalue weighted by molar-refractivity contribution is -0.133. The zero-order chi connectivity index (χ0) is 11.1. The van der Waals surface area contributed by atoms with Crippen molar-refractivity contribution >= 4 is 23.6 Å². The molecule has 0 aliphatic heterocycles. The number of carboxylic acid groups (broad SMARTS) is 1. The van der Waals surface area contributed by atoms with Crippen molar-refractivity contribution < 1.29 is 14.7 Å². The lowest BCUT2D eigenvalue weighted by Gasteiger charge is -2.01. The number of carbonyl (C=O) groups excluding carboxylic acids is 1. The number of hydrogen-bond donors (Lipinski definition) is 3. The van der Waals surface area contributed by atoms with Crippen LogP contribution < -0.4 is 5.32 Å². The fourth-order valence-corrected chi connectivity index (χ4v) is 1.42. The monoisotopic (exact) mass is 229 g/mol. The van der Waals surface area contributed by atoms with Gasteiger partial charge in [-0.15, -0.1) is 11.8 Å². The van der Waals surface area contributed by atoms with Crippen LogP contribution in [0.4, 0.5) is 0 Å². The fourth-order valence-electron chi connectivity index (χ4n) is 0.857. The van der Waals surface area contributed by atoms with E-state index in [1.807, 2.05) is 0 Å². The normalized spacial score (nSPS) is 9.87. The molecule has 15 heavy (non-hydrogen) atoms. The summed E-state index contributed by atoms with van der Waals surface area (Å²) in [6.45, 7) is 0.406. The van der Waals surface area contributed by atoms with Gasteiger partial charge in [0.2, 0.25) is 5.91 Å². The van der Waals surface area contributed by atoms with Crippen molar-refractivity contribution in [1.82, 2.24) is 15.5 Å². The van der Waals surface area contributed by atoms with Gasteiger partial charge in [0.05, 0.1) is 17.7 Å². The number of carbonyl (C=O) groups is 2. The maximum absolute atomic E-state index is 11.2. The van der Waals surface area contributed by atoms with Gasteiger partial charge >= 0.3 is 5.97 Å². The Bertz CT molecular complexity index is 326. The van der Waals surface area contributed by atoms with Gasteiger partial charge in [-0.25, -0.2) is 0 Å². The molecule has 0 unspecified atom stereocenters. The summed E-state index contributed by atoms with van der Waals surface area (Å²) < 4.78 is 0. The second kappa shape index (κ2) is 6.07. The van der Waals surface area contributed by atoms with E-state index in [1.54, 1.807) is 12.4 Å². The summed E-state index contributed by atoms with van der Waals surface area (Å²) >= 11 is 1.07. The molecule has 0 bridgehead atoms. The second-order valence-corrected chi connectivity index (χ2v) is 3.76. The summed E-state index contributed by atoms with van der Waals surface area (Å²) in [5.74, 6) is -0.992. The van der Waals surface area contributed by atoms with Gasteiger partial charge in [-0.05, 0) is 0 Å². The molecule has 0 aliphatic carbocycles. The maximum atomic E-state index is 11.2. The standard InChI is InChI=1S/C8H11N3O3S/c12-7(4-15-5-8(13)14)9-1-6-2-10-11-3-6/h2-3H,1,4-5H2,(H,9,12)(H,10,11)(H,13,14). The molecule has 1 aromatic rings. The zero-order valence-corrected chi connectivity index (χ0v) is 8.71. The van der Waals surface area contributed by atoms with Crippen LogP contribution in [0, 0.1) is 0 Å². The molecule has 1 aromatic heterocycles. The molecule has 0 atom stereocenters. The molecular weight excluding hydrogens is 218 g/mol. The van der Waals surface area contributed by atoms with Gasteiger partial charge in [0, 0.05) is 18.3 Å². The molecule has 1 rings (SSSR count). The Morgan fingerprint density at radius 1 is 1.53 bits per heavy atom. The number of hydrogen-bond acceptors (Lipinski definition) is 4. The molecule has 6 nitrogen and oxygen atoms in total. The van der Waals surface area contributed by atoms with Gasteiger partial charge in [-0.1, -0.05) is 0 Å². The Kier molecular flexibility index (Phi) is 4.69. The summed E-state index contributed by atoms with van der Waals surface area (Å²) in [5, 5.41) is 17.3. The van der Waals surface area contributed by atoms with Crippen LogP contribution >= 0.6 is 11.8 Å². The number of H-pyrrole nitrogens is 1. The quantitative estimate of drug-likeness (QED) is 0.630. The molecule has 0 saturated heterocycles. The van der Waals surface area contributed by atoms with Crippen LogP contribution in [0.15, 0.2) is 12.4 Å². The topological polar surface area (TPSA) is 95.1 Å². The Hall–Kier alpha value is -1.50. The van der Waals surface area contributed by atoms with E-state index in [2.05, 4.69) is 15.5 Å². The highest BCUT2D eigenvalue weighted by Gasteiger charge is 2.03. The predicted octanol–water partition coefficient (Wildman–Crippen LogP) is -0.156. The summed E-state index contributed by atoms with van der Waals surface area (Å²) in [7, 11) is 0. The van der Waals surface area contributed by atoms with E-state index in [-0.39, 0.29) is 17.4 Å². The number of nitrogens with one attached hydrogen (secondary N) is 2. The highest BCUT2D eigenvalue weighted by molar-refractivity contribution is 8.00. The number of carboxylic acids is 1. The first-order valence-electron chi connectivity index (χ1n) is 4.22. The highest BCUT2D eigenvalue weighted by atomic mass is 32.2. The van der Waals surface area contributed by atoms with Crippen LogP contribution in [0.2, 0.25) is 0 Å². The van der Waals surface area contributed by atoms with E-state index in [1.165, 1.54) is 0 Å². The van der Waals surface area contributed by atoms with Crippen LogP contribution in [-0.2, 0) is 16.1 Å². The number of thioether (sulfide) groups is 1. The molecule has 0 aromatic carbocycles. The molecule has 0 spiro atoms. The predicted molar refractivity (Wildman–Crippen MR) is 55.4 cm³/mol.